The third-order valence-electron chi connectivity index (χ3n) is 4.91. The van der Waals surface area contributed by atoms with Gasteiger partial charge < -0.3 is 9.47 Å². The molecular formula is C24H20N2O4S. The number of benzene rings is 3. The summed E-state index contributed by atoms with van der Waals surface area (Å²) in [5, 5.41) is 14.0. The van der Waals surface area contributed by atoms with Crippen molar-refractivity contribution in [2.75, 3.05) is 14.2 Å². The molecule has 0 spiro atoms. The van der Waals surface area contributed by atoms with Gasteiger partial charge in [-0.25, -0.2) is 4.98 Å². The molecule has 0 aliphatic rings. The van der Waals surface area contributed by atoms with E-state index in [1.807, 2.05) is 30.3 Å². The molecular weight excluding hydrogens is 412 g/mol. The first-order valence-corrected chi connectivity index (χ1v) is 10.6. The molecule has 0 fully saturated rings. The summed E-state index contributed by atoms with van der Waals surface area (Å²) in [6.07, 6.45) is 0. The molecule has 1 heterocycles. The second-order valence-corrected chi connectivity index (χ2v) is 7.75. The van der Waals surface area contributed by atoms with E-state index < -0.39 is 0 Å². The van der Waals surface area contributed by atoms with Gasteiger partial charge in [-0.2, -0.15) is 0 Å². The number of hydrogen-bond acceptors (Lipinski definition) is 6. The second kappa shape index (κ2) is 9.06. The highest BCUT2D eigenvalue weighted by atomic mass is 32.2. The van der Waals surface area contributed by atoms with E-state index in [-0.39, 0.29) is 10.6 Å². The lowest BCUT2D eigenvalue weighted by molar-refractivity contribution is -0.382. The number of rotatable bonds is 7. The Kier molecular flexibility index (Phi) is 6.04. The predicted octanol–water partition coefficient (Wildman–Crippen LogP) is 6.12. The zero-order valence-corrected chi connectivity index (χ0v) is 17.9. The number of thioether (sulfide) groups is 1. The lowest BCUT2D eigenvalue weighted by Crippen LogP contribution is -1.99. The van der Waals surface area contributed by atoms with Gasteiger partial charge in [0.15, 0.2) is 0 Å². The Morgan fingerprint density at radius 1 is 0.903 bits per heavy atom. The van der Waals surface area contributed by atoms with Gasteiger partial charge in [0.2, 0.25) is 0 Å². The molecule has 0 amide bonds. The molecule has 156 valence electrons. The van der Waals surface area contributed by atoms with E-state index in [1.165, 1.54) is 0 Å². The normalized spacial score (nSPS) is 10.8. The molecule has 0 unspecified atom stereocenters. The first-order chi connectivity index (χ1) is 15.1. The minimum atomic E-state index is -0.368. The maximum Gasteiger partial charge on any atom is 0.303 e. The van der Waals surface area contributed by atoms with E-state index in [4.69, 9.17) is 14.5 Å². The molecule has 0 saturated heterocycles. The maximum absolute atomic E-state index is 12.1. The molecule has 4 aromatic rings. The third-order valence-corrected chi connectivity index (χ3v) is 5.98. The first kappa shape index (κ1) is 20.7. The minimum absolute atomic E-state index is 0.0214. The largest absolute Gasteiger partial charge is 0.497 e. The quantitative estimate of drug-likeness (QED) is 0.199. The monoisotopic (exact) mass is 432 g/mol. The van der Waals surface area contributed by atoms with Crippen molar-refractivity contribution >= 4 is 28.2 Å². The van der Waals surface area contributed by atoms with Crippen LogP contribution in [0.1, 0.15) is 5.56 Å². The van der Waals surface area contributed by atoms with E-state index in [0.717, 1.165) is 5.56 Å². The van der Waals surface area contributed by atoms with Gasteiger partial charge in [0.25, 0.3) is 0 Å². The SMILES string of the molecule is COc1ccc(-c2nc(SCc3ccccc3)c3cc(OC)ccc3c2[N+](=O)[O-])cc1. The van der Waals surface area contributed by atoms with Crippen LogP contribution in [0, 0.1) is 10.1 Å². The number of aromatic nitrogens is 1. The van der Waals surface area contributed by atoms with Crippen molar-refractivity contribution in [3.05, 3.63) is 88.5 Å². The molecule has 0 aliphatic carbocycles. The van der Waals surface area contributed by atoms with Gasteiger partial charge in [0, 0.05) is 16.7 Å². The number of hydrogen-bond donors (Lipinski definition) is 0. The predicted molar refractivity (Wildman–Crippen MR) is 123 cm³/mol. The van der Waals surface area contributed by atoms with Crippen LogP contribution in [0.25, 0.3) is 22.0 Å². The molecule has 0 N–H and O–H groups in total. The van der Waals surface area contributed by atoms with Crippen LogP contribution in [0.15, 0.2) is 77.8 Å². The molecule has 3 aromatic carbocycles. The lowest BCUT2D eigenvalue weighted by atomic mass is 10.0. The molecule has 0 bridgehead atoms. The van der Waals surface area contributed by atoms with Crippen molar-refractivity contribution in [2.45, 2.75) is 10.8 Å². The summed E-state index contributed by atoms with van der Waals surface area (Å²) in [4.78, 5) is 16.5. The van der Waals surface area contributed by atoms with Crippen LogP contribution in [0.5, 0.6) is 11.5 Å². The minimum Gasteiger partial charge on any atom is -0.497 e. The standard InChI is InChI=1S/C24H20N2O4S/c1-29-18-10-8-17(9-11-18)22-23(26(27)28)20-13-12-19(30-2)14-21(20)24(25-22)31-15-16-6-4-3-5-7-16/h3-14H,15H2,1-2H3. The van der Waals surface area contributed by atoms with Crippen molar-refractivity contribution in [2.24, 2.45) is 0 Å². The summed E-state index contributed by atoms with van der Waals surface area (Å²) < 4.78 is 10.6. The molecule has 0 radical (unpaired) electrons. The average molecular weight is 433 g/mol. The smallest absolute Gasteiger partial charge is 0.303 e. The van der Waals surface area contributed by atoms with Crippen LogP contribution in [-0.4, -0.2) is 24.1 Å². The Morgan fingerprint density at radius 2 is 1.58 bits per heavy atom. The van der Waals surface area contributed by atoms with Gasteiger partial charge in [0.1, 0.15) is 22.2 Å². The van der Waals surface area contributed by atoms with Crippen LogP contribution >= 0.6 is 11.8 Å². The van der Waals surface area contributed by atoms with Gasteiger partial charge in [-0.15, -0.1) is 11.8 Å². The summed E-state index contributed by atoms with van der Waals surface area (Å²) in [6.45, 7) is 0. The summed E-state index contributed by atoms with van der Waals surface area (Å²) in [6, 6.07) is 22.4. The van der Waals surface area contributed by atoms with E-state index >= 15 is 0 Å². The fraction of sp³-hybridized carbons (Fsp3) is 0.125. The lowest BCUT2D eigenvalue weighted by Gasteiger charge is -2.12. The van der Waals surface area contributed by atoms with Crippen LogP contribution in [0.3, 0.4) is 0 Å². The fourth-order valence-electron chi connectivity index (χ4n) is 3.35. The Hall–Kier alpha value is -3.58. The highest BCUT2D eigenvalue weighted by Gasteiger charge is 2.25. The summed E-state index contributed by atoms with van der Waals surface area (Å²) in [5.41, 5.74) is 2.12. The third kappa shape index (κ3) is 4.32. The number of methoxy groups -OCH3 is 2. The van der Waals surface area contributed by atoms with Gasteiger partial charge >= 0.3 is 5.69 Å². The highest BCUT2D eigenvalue weighted by molar-refractivity contribution is 7.98. The van der Waals surface area contributed by atoms with Crippen molar-refractivity contribution in [3.8, 4) is 22.8 Å². The van der Waals surface area contributed by atoms with Crippen LogP contribution in [0.2, 0.25) is 0 Å². The molecule has 31 heavy (non-hydrogen) atoms. The van der Waals surface area contributed by atoms with Gasteiger partial charge in [-0.3, -0.25) is 10.1 Å². The number of fused-ring (bicyclic) bond motifs is 1. The Balaban J connectivity index is 1.90. The Bertz CT molecular complexity index is 1230. The number of nitrogens with zero attached hydrogens (tertiary/aromatic N) is 2. The summed E-state index contributed by atoms with van der Waals surface area (Å²) in [5.74, 6) is 2.00. The molecule has 0 saturated carbocycles. The number of pyridine rings is 1. The summed E-state index contributed by atoms with van der Waals surface area (Å²) in [7, 11) is 3.16. The van der Waals surface area contributed by atoms with Crippen LogP contribution in [0.4, 0.5) is 5.69 Å². The highest BCUT2D eigenvalue weighted by Crippen LogP contribution is 2.41. The molecule has 1 aromatic heterocycles. The van der Waals surface area contributed by atoms with Gasteiger partial charge in [-0.1, -0.05) is 30.3 Å². The summed E-state index contributed by atoms with van der Waals surface area (Å²) >= 11 is 1.55. The Morgan fingerprint density at radius 3 is 2.23 bits per heavy atom. The van der Waals surface area contributed by atoms with Crippen LogP contribution in [-0.2, 0) is 5.75 Å². The molecule has 6 nitrogen and oxygen atoms in total. The molecule has 7 heteroatoms. The molecule has 4 rings (SSSR count). The van der Waals surface area contributed by atoms with Crippen molar-refractivity contribution < 1.29 is 14.4 Å². The first-order valence-electron chi connectivity index (χ1n) is 9.58. The second-order valence-electron chi connectivity index (χ2n) is 6.79. The van der Waals surface area contributed by atoms with Gasteiger partial charge in [-0.05, 0) is 48.0 Å². The van der Waals surface area contributed by atoms with E-state index in [1.54, 1.807) is 68.4 Å². The topological polar surface area (TPSA) is 74.5 Å². The van der Waals surface area contributed by atoms with E-state index in [0.29, 0.717) is 44.3 Å². The maximum atomic E-state index is 12.1. The Labute approximate surface area is 184 Å². The van der Waals surface area contributed by atoms with Crippen molar-refractivity contribution in [1.29, 1.82) is 0 Å². The average Bonchev–Trinajstić information content (AvgIpc) is 2.82. The fourth-order valence-corrected chi connectivity index (χ4v) is 4.32. The van der Waals surface area contributed by atoms with Crippen molar-refractivity contribution in [1.82, 2.24) is 4.98 Å². The zero-order valence-electron chi connectivity index (χ0n) is 17.1. The van der Waals surface area contributed by atoms with E-state index in [2.05, 4.69) is 0 Å². The van der Waals surface area contributed by atoms with Crippen molar-refractivity contribution in [3.63, 3.8) is 0 Å². The van der Waals surface area contributed by atoms with E-state index in [9.17, 15) is 10.1 Å². The molecule has 0 aliphatic heterocycles. The van der Waals surface area contributed by atoms with Gasteiger partial charge in [0.05, 0.1) is 24.5 Å². The molecule has 0 atom stereocenters. The van der Waals surface area contributed by atoms with Crippen LogP contribution < -0.4 is 9.47 Å². The zero-order chi connectivity index (χ0) is 21.8. The number of nitro groups is 1. The number of ether oxygens (including phenoxy) is 2.